The maximum absolute atomic E-state index is 14.3. The number of aliphatic imine (C=N–C) groups is 1. The predicted octanol–water partition coefficient (Wildman–Crippen LogP) is 3.72. The van der Waals surface area contributed by atoms with Crippen LogP contribution in [0.1, 0.15) is 114 Å². The van der Waals surface area contributed by atoms with Gasteiger partial charge in [0.1, 0.15) is 11.8 Å². The Hall–Kier alpha value is -5.67. The van der Waals surface area contributed by atoms with Crippen molar-refractivity contribution < 1.29 is 33.9 Å². The highest BCUT2D eigenvalue weighted by molar-refractivity contribution is 6.24. The van der Waals surface area contributed by atoms with Crippen LogP contribution in [0, 0.1) is 19.8 Å². The minimum absolute atomic E-state index is 0.0192. The minimum atomic E-state index is -1.05. The number of nitrogens with two attached hydrogens (primary N) is 4. The van der Waals surface area contributed by atoms with Crippen LogP contribution in [0.25, 0.3) is 0 Å². The largest absolute Gasteiger partial charge is 0.508 e. The Balaban J connectivity index is 1.66. The van der Waals surface area contributed by atoms with E-state index in [2.05, 4.69) is 20.9 Å². The maximum atomic E-state index is 14.3. The standard InChI is InChI=1S/C48H70N8O7/c1-29-24-36(57)25-30(2)38(29)28-40(55-47(63)39(49)20-15-23-54-48(51)52)42(58)27-35(46(62)56-41(45(50)61)26-34-16-9-8-10-17-34)18-12-14-22-53-21-13-7-6-11-19-37-33(5)43(59)31(3)32(4)44(37)60/h8-10,16-17,24-25,35,39-41,53,57H,6-7,11-15,18-23,26-28,49H2,1-5H3,(H2,50,61)(H,55,63)(H,56,62)(H4,51,52,54)/t35-,39-,40+,41+/m1/s1. The Morgan fingerprint density at radius 3 is 1.94 bits per heavy atom. The van der Waals surface area contributed by atoms with E-state index in [0.717, 1.165) is 60.9 Å². The number of benzene rings is 2. The molecular weight excluding hydrogens is 801 g/mol. The normalized spacial score (nSPS) is 14.8. The van der Waals surface area contributed by atoms with E-state index in [9.17, 15) is 33.9 Å². The van der Waals surface area contributed by atoms with Crippen LogP contribution in [0.3, 0.4) is 0 Å². The van der Waals surface area contributed by atoms with E-state index in [1.165, 1.54) is 0 Å². The summed E-state index contributed by atoms with van der Waals surface area (Å²) in [6, 6.07) is 9.35. The summed E-state index contributed by atoms with van der Waals surface area (Å²) < 4.78 is 0. The van der Waals surface area contributed by atoms with Crippen LogP contribution in [-0.2, 0) is 41.6 Å². The summed E-state index contributed by atoms with van der Waals surface area (Å²) in [5.74, 6) is -3.00. The molecule has 12 N–H and O–H groups in total. The highest BCUT2D eigenvalue weighted by atomic mass is 16.3. The van der Waals surface area contributed by atoms with Crippen molar-refractivity contribution in [3.8, 4) is 5.75 Å². The number of carbonyl (C=O) groups is 6. The molecule has 3 amide bonds. The molecule has 0 saturated carbocycles. The number of ketones is 3. The first kappa shape index (κ1) is 51.7. The van der Waals surface area contributed by atoms with Crippen molar-refractivity contribution in [1.82, 2.24) is 16.0 Å². The number of unbranched alkanes of at least 4 members (excludes halogenated alkanes) is 4. The molecule has 344 valence electrons. The van der Waals surface area contributed by atoms with Crippen LogP contribution >= 0.6 is 0 Å². The molecule has 0 heterocycles. The molecule has 0 aromatic heterocycles. The van der Waals surface area contributed by atoms with Gasteiger partial charge in [0, 0.05) is 54.0 Å². The van der Waals surface area contributed by atoms with Gasteiger partial charge in [-0.1, -0.05) is 49.6 Å². The fraction of sp³-hybridized carbons (Fsp3) is 0.521. The van der Waals surface area contributed by atoms with Crippen molar-refractivity contribution in [2.24, 2.45) is 33.8 Å². The molecule has 0 saturated heterocycles. The number of aryl methyl sites for hydroxylation is 2. The molecule has 4 atom stereocenters. The fourth-order valence-electron chi connectivity index (χ4n) is 7.87. The first-order chi connectivity index (χ1) is 29.9. The highest BCUT2D eigenvalue weighted by Crippen LogP contribution is 2.28. The molecule has 0 spiro atoms. The lowest BCUT2D eigenvalue weighted by atomic mass is 9.84. The minimum Gasteiger partial charge on any atom is -0.508 e. The number of allylic oxidation sites excluding steroid dienone is 4. The molecule has 0 radical (unpaired) electrons. The van der Waals surface area contributed by atoms with Crippen molar-refractivity contribution >= 4 is 41.0 Å². The first-order valence-electron chi connectivity index (χ1n) is 22.1. The Bertz CT molecular complexity index is 2000. The van der Waals surface area contributed by atoms with Crippen molar-refractivity contribution in [2.45, 2.75) is 136 Å². The number of hydrogen-bond donors (Lipinski definition) is 8. The lowest BCUT2D eigenvalue weighted by Gasteiger charge is -2.25. The monoisotopic (exact) mass is 871 g/mol. The number of guanidine groups is 1. The molecule has 0 aliphatic heterocycles. The van der Waals surface area contributed by atoms with Gasteiger partial charge in [0.25, 0.3) is 0 Å². The summed E-state index contributed by atoms with van der Waals surface area (Å²) in [7, 11) is 0. The molecule has 2 aromatic carbocycles. The van der Waals surface area contributed by atoms with Gasteiger partial charge in [-0.2, -0.15) is 0 Å². The molecular formula is C48H70N8O7. The number of nitrogens with one attached hydrogen (secondary N) is 3. The van der Waals surface area contributed by atoms with Gasteiger partial charge in [0.2, 0.25) is 17.7 Å². The second-order valence-corrected chi connectivity index (χ2v) is 16.8. The van der Waals surface area contributed by atoms with Gasteiger partial charge >= 0.3 is 0 Å². The third-order valence-corrected chi connectivity index (χ3v) is 11.9. The van der Waals surface area contributed by atoms with E-state index in [1.807, 2.05) is 44.2 Å². The van der Waals surface area contributed by atoms with Crippen LogP contribution in [0.2, 0.25) is 0 Å². The second kappa shape index (κ2) is 26.1. The number of rotatable bonds is 28. The molecule has 15 heteroatoms. The number of carbonyl (C=O) groups excluding carboxylic acids is 6. The van der Waals surface area contributed by atoms with Crippen molar-refractivity contribution in [1.29, 1.82) is 0 Å². The number of hydrogen-bond acceptors (Lipinski definition) is 10. The van der Waals surface area contributed by atoms with Crippen LogP contribution in [0.4, 0.5) is 0 Å². The summed E-state index contributed by atoms with van der Waals surface area (Å²) in [5.41, 5.74) is 28.1. The summed E-state index contributed by atoms with van der Waals surface area (Å²) in [6.07, 6.45) is 6.67. The number of Topliss-reactive ketones (excluding diaryl/α,β-unsaturated/α-hetero) is 3. The molecule has 2 aromatic rings. The van der Waals surface area contributed by atoms with E-state index in [0.29, 0.717) is 54.5 Å². The molecule has 3 rings (SSSR count). The maximum Gasteiger partial charge on any atom is 0.240 e. The molecule has 1 aliphatic carbocycles. The number of aromatic hydroxyl groups is 1. The van der Waals surface area contributed by atoms with Crippen LogP contribution in [-0.4, -0.2) is 83.9 Å². The van der Waals surface area contributed by atoms with Gasteiger partial charge in [-0.15, -0.1) is 0 Å². The van der Waals surface area contributed by atoms with E-state index in [4.69, 9.17) is 22.9 Å². The Morgan fingerprint density at radius 2 is 1.30 bits per heavy atom. The smallest absolute Gasteiger partial charge is 0.240 e. The lowest BCUT2D eigenvalue weighted by molar-refractivity contribution is -0.133. The summed E-state index contributed by atoms with van der Waals surface area (Å²) >= 11 is 0. The summed E-state index contributed by atoms with van der Waals surface area (Å²) in [6.45, 7) is 10.5. The van der Waals surface area contributed by atoms with Gasteiger partial charge in [-0.05, 0) is 127 Å². The predicted molar refractivity (Wildman–Crippen MR) is 246 cm³/mol. The van der Waals surface area contributed by atoms with Gasteiger partial charge in [0.15, 0.2) is 23.3 Å². The van der Waals surface area contributed by atoms with Crippen LogP contribution < -0.4 is 38.9 Å². The molecule has 0 fully saturated rings. The molecule has 0 unspecified atom stereocenters. The zero-order valence-corrected chi connectivity index (χ0v) is 37.8. The van der Waals surface area contributed by atoms with Crippen LogP contribution in [0.5, 0.6) is 5.75 Å². The molecule has 0 bridgehead atoms. The molecule has 1 aliphatic rings. The third-order valence-electron chi connectivity index (χ3n) is 11.9. The molecule has 63 heavy (non-hydrogen) atoms. The van der Waals surface area contributed by atoms with Gasteiger partial charge in [-0.3, -0.25) is 33.8 Å². The number of phenols is 1. The van der Waals surface area contributed by atoms with Gasteiger partial charge in [-0.25, -0.2) is 0 Å². The van der Waals surface area contributed by atoms with Gasteiger partial charge in [0.05, 0.1) is 12.1 Å². The van der Waals surface area contributed by atoms with Crippen molar-refractivity contribution in [2.75, 3.05) is 19.6 Å². The van der Waals surface area contributed by atoms with Crippen molar-refractivity contribution in [3.63, 3.8) is 0 Å². The van der Waals surface area contributed by atoms with E-state index in [1.54, 1.807) is 32.9 Å². The zero-order chi connectivity index (χ0) is 46.6. The Morgan fingerprint density at radius 1 is 0.698 bits per heavy atom. The quantitative estimate of drug-likeness (QED) is 0.0264. The fourth-order valence-corrected chi connectivity index (χ4v) is 7.87. The number of phenolic OH excluding ortho intramolecular Hbond substituents is 1. The third kappa shape index (κ3) is 16.9. The van der Waals surface area contributed by atoms with Crippen LogP contribution in [0.15, 0.2) is 69.7 Å². The molecule has 15 nitrogen and oxygen atoms in total. The zero-order valence-electron chi connectivity index (χ0n) is 37.8. The number of nitrogens with zero attached hydrogens (tertiary/aromatic N) is 1. The number of primary amides is 1. The SMILES string of the molecule is CC1=C(C)C(=O)C(CCCCCCNCCCC[C@H](CC(=O)[C@H](Cc2c(C)cc(O)cc2C)NC(=O)[C@H](N)CCCN=C(N)N)C(=O)N[C@@H](Cc2ccccc2)C(N)=O)=C(C)C1=O. The topological polar surface area (TPSA) is 275 Å². The Labute approximate surface area is 372 Å². The van der Waals surface area contributed by atoms with E-state index < -0.39 is 41.8 Å². The second-order valence-electron chi connectivity index (χ2n) is 16.8. The highest BCUT2D eigenvalue weighted by Gasteiger charge is 2.32. The lowest BCUT2D eigenvalue weighted by Crippen LogP contribution is -2.51. The number of amides is 3. The van der Waals surface area contributed by atoms with Crippen molar-refractivity contribution in [3.05, 3.63) is 87.0 Å². The van der Waals surface area contributed by atoms with Gasteiger partial charge < -0.3 is 44.0 Å². The summed E-state index contributed by atoms with van der Waals surface area (Å²) in [5, 5.41) is 19.3. The first-order valence-corrected chi connectivity index (χ1v) is 22.1. The Kier molecular flexibility index (Phi) is 21.4. The van der Waals surface area contributed by atoms with E-state index in [-0.39, 0.29) is 61.3 Å². The average molecular weight is 871 g/mol. The summed E-state index contributed by atoms with van der Waals surface area (Å²) in [4.78, 5) is 83.5. The van der Waals surface area contributed by atoms with E-state index >= 15 is 0 Å². The average Bonchev–Trinajstić information content (AvgIpc) is 3.23.